The van der Waals surface area contributed by atoms with Gasteiger partial charge >= 0.3 is 0 Å². The van der Waals surface area contributed by atoms with Crippen molar-refractivity contribution in [3.8, 4) is 17.2 Å². The van der Waals surface area contributed by atoms with Gasteiger partial charge < -0.3 is 38.3 Å². The smallest absolute Gasteiger partial charge is 0.168 e. The van der Waals surface area contributed by atoms with Crippen molar-refractivity contribution in [2.24, 2.45) is 0 Å². The van der Waals surface area contributed by atoms with E-state index in [1.165, 1.54) is 11.8 Å². The monoisotopic (exact) mass is 826 g/mol. The van der Waals surface area contributed by atoms with Gasteiger partial charge in [-0.3, -0.25) is 0 Å². The van der Waals surface area contributed by atoms with Crippen molar-refractivity contribution < 1.29 is 38.3 Å². The predicted molar refractivity (Wildman–Crippen MR) is 236 cm³/mol. The van der Waals surface area contributed by atoms with Crippen molar-refractivity contribution in [3.05, 3.63) is 197 Å². The van der Waals surface area contributed by atoms with Gasteiger partial charge in [0.25, 0.3) is 0 Å². The number of benzene rings is 6. The minimum absolute atomic E-state index is 0.220. The minimum Gasteiger partial charge on any atom is -0.496 e. The molecule has 1 saturated heterocycles. The van der Waals surface area contributed by atoms with Crippen molar-refractivity contribution in [3.63, 3.8) is 0 Å². The normalized spacial score (nSPS) is 20.1. The molecular weight excluding hydrogens is 773 g/mol. The lowest BCUT2D eigenvalue weighted by molar-refractivity contribution is -0.199. The van der Waals surface area contributed by atoms with Crippen LogP contribution in [0.2, 0.25) is 0 Å². The Bertz CT molecular complexity index is 2170. The van der Waals surface area contributed by atoms with Crippen LogP contribution in [0, 0.1) is 0 Å². The van der Waals surface area contributed by atoms with Crippen molar-refractivity contribution in [1.29, 1.82) is 0 Å². The fraction of sp³-hybridized carbons (Fsp3) is 0.294. The summed E-state index contributed by atoms with van der Waals surface area (Å²) in [6.45, 7) is 4.02. The van der Waals surface area contributed by atoms with Gasteiger partial charge in [-0.1, -0.05) is 133 Å². The standard InChI is InChI=1S/C51H54O8S/c1-4-56-43-27-25-37(26-28-43)29-42-30-44(46(54-3)31-45(42)53-2)51(52)50(59-35-41-23-15-8-16-24-41)49(58-34-40-21-13-7-14-22-40)48(57-33-39-19-11-6-12-20-39)47(60-51)36-55-32-38-17-9-5-10-18-38/h5-28,30-31,47-50,52H,4,29,32-36H2,1-3H3/t47-,48-,49+,50-,51?/m1/s1. The third-order valence-electron chi connectivity index (χ3n) is 10.6. The van der Waals surface area contributed by atoms with E-state index < -0.39 is 28.5 Å². The summed E-state index contributed by atoms with van der Waals surface area (Å²) in [7, 11) is 3.25. The van der Waals surface area contributed by atoms with Gasteiger partial charge in [0.2, 0.25) is 0 Å². The van der Waals surface area contributed by atoms with Crippen LogP contribution >= 0.6 is 11.8 Å². The number of ether oxygens (including phenoxy) is 7. The third-order valence-corrected chi connectivity index (χ3v) is 12.1. The number of methoxy groups -OCH3 is 2. The van der Waals surface area contributed by atoms with Crippen LogP contribution in [0.4, 0.5) is 0 Å². The van der Waals surface area contributed by atoms with Crippen molar-refractivity contribution in [2.45, 2.75) is 68.3 Å². The summed E-state index contributed by atoms with van der Waals surface area (Å²) in [6.07, 6.45) is -1.75. The van der Waals surface area contributed by atoms with Gasteiger partial charge in [-0.2, -0.15) is 0 Å². The molecule has 0 aliphatic carbocycles. The highest BCUT2D eigenvalue weighted by Gasteiger charge is 2.57. The van der Waals surface area contributed by atoms with E-state index in [1.54, 1.807) is 14.2 Å². The van der Waals surface area contributed by atoms with Crippen molar-refractivity contribution in [1.82, 2.24) is 0 Å². The highest BCUT2D eigenvalue weighted by Crippen LogP contribution is 2.53. The molecule has 0 amide bonds. The second-order valence-corrected chi connectivity index (χ2v) is 16.2. The van der Waals surface area contributed by atoms with E-state index in [1.807, 2.05) is 165 Å². The Kier molecular flexibility index (Phi) is 15.3. The molecule has 1 N–H and O–H groups in total. The lowest BCUT2D eigenvalue weighted by Crippen LogP contribution is -2.61. The molecular formula is C51H54O8S. The topological polar surface area (TPSA) is 84.8 Å². The van der Waals surface area contributed by atoms with E-state index in [2.05, 4.69) is 0 Å². The second kappa shape index (κ2) is 21.4. The Morgan fingerprint density at radius 1 is 0.550 bits per heavy atom. The van der Waals surface area contributed by atoms with E-state index in [-0.39, 0.29) is 19.8 Å². The predicted octanol–water partition coefficient (Wildman–Crippen LogP) is 9.93. The Hall–Kier alpha value is -5.13. The van der Waals surface area contributed by atoms with E-state index in [0.717, 1.165) is 39.1 Å². The molecule has 9 heteroatoms. The van der Waals surface area contributed by atoms with Gasteiger partial charge in [0.05, 0.1) is 59.1 Å². The summed E-state index contributed by atoms with van der Waals surface area (Å²) in [5, 5.41) is 13.3. The molecule has 0 spiro atoms. The summed E-state index contributed by atoms with van der Waals surface area (Å²) in [4.78, 5) is -1.73. The molecule has 60 heavy (non-hydrogen) atoms. The molecule has 1 fully saturated rings. The first-order valence-electron chi connectivity index (χ1n) is 20.4. The van der Waals surface area contributed by atoms with Crippen LogP contribution in [0.5, 0.6) is 17.2 Å². The molecule has 0 aromatic heterocycles. The maximum absolute atomic E-state index is 13.7. The molecule has 6 aromatic carbocycles. The lowest BCUT2D eigenvalue weighted by Gasteiger charge is -2.50. The average molecular weight is 827 g/mol. The molecule has 7 rings (SSSR count). The van der Waals surface area contributed by atoms with Crippen LogP contribution in [-0.2, 0) is 56.7 Å². The van der Waals surface area contributed by atoms with Gasteiger partial charge in [-0.15, -0.1) is 11.8 Å². The van der Waals surface area contributed by atoms with Gasteiger partial charge in [0.15, 0.2) is 4.93 Å². The number of aliphatic hydroxyl groups is 1. The Balaban J connectivity index is 1.33. The molecule has 1 heterocycles. The molecule has 1 aliphatic rings. The summed E-state index contributed by atoms with van der Waals surface area (Å²) >= 11 is 1.36. The number of thioether (sulfide) groups is 1. The van der Waals surface area contributed by atoms with E-state index >= 15 is 0 Å². The Morgan fingerprint density at radius 3 is 1.57 bits per heavy atom. The van der Waals surface area contributed by atoms with Crippen LogP contribution in [-0.4, -0.2) is 56.1 Å². The first kappa shape index (κ1) is 43.0. The SMILES string of the molecule is CCOc1ccc(Cc2cc(C3(O)S[C@H](COCc4ccccc4)[C@@H](OCc4ccccc4)[C@H](OCc4ccccc4)[C@H]3OCc3ccccc3)c(OC)cc2OC)cc1. The van der Waals surface area contributed by atoms with Crippen LogP contribution in [0.1, 0.15) is 45.9 Å². The molecule has 312 valence electrons. The fourth-order valence-electron chi connectivity index (χ4n) is 7.54. The maximum Gasteiger partial charge on any atom is 0.168 e. The quantitative estimate of drug-likeness (QED) is 0.0809. The largest absolute Gasteiger partial charge is 0.496 e. The van der Waals surface area contributed by atoms with E-state index in [4.69, 9.17) is 33.2 Å². The average Bonchev–Trinajstić information content (AvgIpc) is 3.29. The van der Waals surface area contributed by atoms with E-state index in [9.17, 15) is 5.11 Å². The summed E-state index contributed by atoms with van der Waals surface area (Å²) < 4.78 is 45.2. The number of hydrogen-bond acceptors (Lipinski definition) is 9. The third kappa shape index (κ3) is 11.0. The molecule has 1 aliphatic heterocycles. The molecule has 0 radical (unpaired) electrons. The highest BCUT2D eigenvalue weighted by molar-refractivity contribution is 8.00. The highest BCUT2D eigenvalue weighted by atomic mass is 32.2. The van der Waals surface area contributed by atoms with Gasteiger partial charge in [-0.05, 0) is 58.5 Å². The summed E-state index contributed by atoms with van der Waals surface area (Å²) in [5.41, 5.74) is 6.48. The van der Waals surface area contributed by atoms with Gasteiger partial charge in [0, 0.05) is 18.1 Å². The molecule has 0 bridgehead atoms. The first-order chi connectivity index (χ1) is 29.5. The Labute approximate surface area is 358 Å². The maximum atomic E-state index is 13.7. The van der Waals surface area contributed by atoms with Crippen LogP contribution in [0.25, 0.3) is 0 Å². The Morgan fingerprint density at radius 2 is 1.05 bits per heavy atom. The minimum atomic E-state index is -1.73. The second-order valence-electron chi connectivity index (χ2n) is 14.7. The van der Waals surface area contributed by atoms with Crippen LogP contribution in [0.3, 0.4) is 0 Å². The van der Waals surface area contributed by atoms with Crippen LogP contribution in [0.15, 0.2) is 158 Å². The summed E-state index contributed by atoms with van der Waals surface area (Å²) in [6, 6.07) is 52.0. The molecule has 0 saturated carbocycles. The zero-order valence-electron chi connectivity index (χ0n) is 34.5. The zero-order chi connectivity index (χ0) is 41.6. The first-order valence-corrected chi connectivity index (χ1v) is 21.3. The van der Waals surface area contributed by atoms with Gasteiger partial charge in [0.1, 0.15) is 35.6 Å². The summed E-state index contributed by atoms with van der Waals surface area (Å²) in [5.74, 6) is 1.90. The molecule has 8 nitrogen and oxygen atoms in total. The van der Waals surface area contributed by atoms with E-state index in [0.29, 0.717) is 43.3 Å². The molecule has 6 aromatic rings. The molecule has 1 unspecified atom stereocenters. The van der Waals surface area contributed by atoms with Crippen molar-refractivity contribution in [2.75, 3.05) is 27.4 Å². The zero-order valence-corrected chi connectivity index (χ0v) is 35.3. The number of hydrogen-bond donors (Lipinski definition) is 1. The van der Waals surface area contributed by atoms with Gasteiger partial charge in [-0.25, -0.2) is 0 Å². The number of rotatable bonds is 20. The van der Waals surface area contributed by atoms with Crippen molar-refractivity contribution >= 4 is 11.8 Å². The van der Waals surface area contributed by atoms with Crippen LogP contribution < -0.4 is 14.2 Å². The lowest BCUT2D eigenvalue weighted by atomic mass is 9.90. The fourth-order valence-corrected chi connectivity index (χ4v) is 9.16. The molecule has 5 atom stereocenters.